The predicted octanol–water partition coefficient (Wildman–Crippen LogP) is 6.51. The van der Waals surface area contributed by atoms with E-state index in [4.69, 9.17) is 4.74 Å². The van der Waals surface area contributed by atoms with Crippen molar-refractivity contribution in [3.63, 3.8) is 0 Å². The molecule has 6 nitrogen and oxygen atoms in total. The number of H-pyrrole nitrogens is 1. The first kappa shape index (κ1) is 23.7. The topological polar surface area (TPSA) is 82.6 Å². The van der Waals surface area contributed by atoms with Gasteiger partial charge in [-0.3, -0.25) is 4.90 Å². The molecule has 3 aromatic carbocycles. The molecule has 0 bridgehead atoms. The van der Waals surface area contributed by atoms with Crippen molar-refractivity contribution in [3.05, 3.63) is 108 Å². The number of fused-ring (bicyclic) bond motifs is 1. The number of hydrogen-bond donors (Lipinski definition) is 2. The summed E-state index contributed by atoms with van der Waals surface area (Å²) in [5.41, 5.74) is 1.07. The third kappa shape index (κ3) is 3.73. The van der Waals surface area contributed by atoms with Gasteiger partial charge in [0.15, 0.2) is 11.6 Å². The first-order valence-corrected chi connectivity index (χ1v) is 12.1. The summed E-state index contributed by atoms with van der Waals surface area (Å²) < 4.78 is 6.27. The van der Waals surface area contributed by atoms with Crippen LogP contribution in [-0.4, -0.2) is 32.6 Å². The zero-order valence-electron chi connectivity index (χ0n) is 20.6. The van der Waals surface area contributed by atoms with Crippen molar-refractivity contribution in [3.8, 4) is 0 Å². The van der Waals surface area contributed by atoms with Gasteiger partial charge in [0.05, 0.1) is 0 Å². The highest BCUT2D eigenvalue weighted by Gasteiger charge is 2.63. The van der Waals surface area contributed by atoms with Crippen molar-refractivity contribution >= 4 is 23.0 Å². The Morgan fingerprint density at radius 3 is 2.14 bits per heavy atom. The number of aromatic nitrogens is 1. The Bertz CT molecular complexity index is 1390. The molecule has 0 radical (unpaired) electrons. The van der Waals surface area contributed by atoms with Gasteiger partial charge in [0.25, 0.3) is 0 Å². The molecule has 4 aromatic rings. The normalized spacial score (nSPS) is 22.4. The quantitative estimate of drug-likeness (QED) is 0.325. The van der Waals surface area contributed by atoms with E-state index in [2.05, 4.69) is 4.98 Å². The molecule has 1 saturated heterocycles. The lowest BCUT2D eigenvalue weighted by atomic mass is 9.66. The Hall–Kier alpha value is -4.06. The number of aromatic amines is 1. The van der Waals surface area contributed by atoms with Crippen molar-refractivity contribution < 1.29 is 19.4 Å². The maximum Gasteiger partial charge on any atom is 0.408 e. The average Bonchev–Trinajstić information content (AvgIpc) is 3.27. The summed E-state index contributed by atoms with van der Waals surface area (Å²) in [5, 5.41) is 11.8. The van der Waals surface area contributed by atoms with Gasteiger partial charge >= 0.3 is 12.1 Å². The molecule has 1 fully saturated rings. The summed E-state index contributed by atoms with van der Waals surface area (Å²) in [6.07, 6.45) is 0.106. The fourth-order valence-corrected chi connectivity index (χ4v) is 5.54. The lowest BCUT2D eigenvalue weighted by Crippen LogP contribution is -2.70. The number of cyclic esters (lactones) is 1. The van der Waals surface area contributed by atoms with Gasteiger partial charge in [-0.1, -0.05) is 99.6 Å². The van der Waals surface area contributed by atoms with Crippen molar-refractivity contribution in [2.75, 3.05) is 0 Å². The van der Waals surface area contributed by atoms with Crippen LogP contribution in [0.4, 0.5) is 4.79 Å². The van der Waals surface area contributed by atoms with Gasteiger partial charge in [0.1, 0.15) is 6.04 Å². The van der Waals surface area contributed by atoms with Crippen LogP contribution in [0.3, 0.4) is 0 Å². The number of ether oxygens (including phenoxy) is 1. The van der Waals surface area contributed by atoms with Gasteiger partial charge in [-0.25, -0.2) is 9.59 Å². The fraction of sp³-hybridized carbons (Fsp3) is 0.267. The first-order valence-electron chi connectivity index (χ1n) is 12.1. The van der Waals surface area contributed by atoms with Gasteiger partial charge < -0.3 is 14.8 Å². The third-order valence-corrected chi connectivity index (χ3v) is 7.39. The van der Waals surface area contributed by atoms with Gasteiger partial charge in [-0.2, -0.15) is 0 Å². The molecule has 3 atom stereocenters. The highest BCUT2D eigenvalue weighted by molar-refractivity contribution is 5.90. The minimum atomic E-state index is -1.48. The Morgan fingerprint density at radius 1 is 0.944 bits per heavy atom. The number of rotatable bonds is 4. The number of esters is 1. The number of hydrogen-bond acceptors (Lipinski definition) is 3. The second-order valence-corrected chi connectivity index (χ2v) is 10.4. The maximum atomic E-state index is 14.2. The summed E-state index contributed by atoms with van der Waals surface area (Å²) in [6, 6.07) is 25.9. The number of carbonyl (C=O) groups excluding carboxylic acids is 1. The van der Waals surface area contributed by atoms with Gasteiger partial charge in [-0.15, -0.1) is 0 Å². The Labute approximate surface area is 210 Å². The number of nitrogens with one attached hydrogen (secondary N) is 1. The molecule has 1 aromatic heterocycles. The second kappa shape index (κ2) is 8.86. The van der Waals surface area contributed by atoms with E-state index in [9.17, 15) is 14.7 Å². The molecule has 0 unspecified atom stereocenters. The van der Waals surface area contributed by atoms with Crippen molar-refractivity contribution in [1.29, 1.82) is 0 Å². The predicted molar refractivity (Wildman–Crippen MR) is 139 cm³/mol. The minimum Gasteiger partial charge on any atom is -0.465 e. The molecular formula is C30H30N2O4. The van der Waals surface area contributed by atoms with E-state index in [1.165, 1.54) is 4.90 Å². The smallest absolute Gasteiger partial charge is 0.408 e. The van der Waals surface area contributed by atoms with Crippen molar-refractivity contribution in [2.24, 2.45) is 5.41 Å². The van der Waals surface area contributed by atoms with Crippen LogP contribution in [0.2, 0.25) is 0 Å². The van der Waals surface area contributed by atoms with Crippen molar-refractivity contribution in [2.45, 2.75) is 44.9 Å². The van der Waals surface area contributed by atoms with Crippen LogP contribution in [0.15, 0.2) is 91.1 Å². The highest BCUT2D eigenvalue weighted by Crippen LogP contribution is 2.53. The van der Waals surface area contributed by atoms with Crippen LogP contribution in [0.25, 0.3) is 10.9 Å². The second-order valence-electron chi connectivity index (χ2n) is 10.4. The number of nitrogens with zero attached hydrogens (tertiary/aromatic N) is 1. The lowest BCUT2D eigenvalue weighted by Gasteiger charge is -2.56. The van der Waals surface area contributed by atoms with Crippen LogP contribution in [0, 0.1) is 5.41 Å². The number of para-hydroxylation sites is 1. The summed E-state index contributed by atoms with van der Waals surface area (Å²) in [6.45, 7) is 5.72. The van der Waals surface area contributed by atoms with E-state index in [1.54, 1.807) is 0 Å². The van der Waals surface area contributed by atoms with Gasteiger partial charge in [0.2, 0.25) is 0 Å². The molecule has 2 heterocycles. The summed E-state index contributed by atoms with van der Waals surface area (Å²) in [4.78, 5) is 32.0. The van der Waals surface area contributed by atoms with E-state index in [0.717, 1.165) is 27.6 Å². The zero-order chi connectivity index (χ0) is 25.5. The molecule has 2 N–H and O–H groups in total. The molecule has 0 aliphatic carbocycles. The summed E-state index contributed by atoms with van der Waals surface area (Å²) in [7, 11) is 0. The van der Waals surface area contributed by atoms with E-state index in [1.807, 2.05) is 112 Å². The monoisotopic (exact) mass is 482 g/mol. The van der Waals surface area contributed by atoms with Crippen molar-refractivity contribution in [1.82, 2.24) is 9.88 Å². The van der Waals surface area contributed by atoms with E-state index >= 15 is 0 Å². The SMILES string of the molecule is CC(C)(C)[C@]1(Cc2c[nH]c3ccccc23)C(=O)O[C@@H](c2ccccc2)[C@@H](c2ccccc2)N1C(=O)O. The Kier molecular flexibility index (Phi) is 5.83. The molecule has 5 rings (SSSR count). The summed E-state index contributed by atoms with van der Waals surface area (Å²) in [5.74, 6) is -0.538. The van der Waals surface area contributed by atoms with E-state index in [0.29, 0.717) is 0 Å². The van der Waals surface area contributed by atoms with Crippen LogP contribution >= 0.6 is 0 Å². The molecule has 1 aliphatic rings. The molecule has 6 heteroatoms. The number of morpholine rings is 1. The van der Waals surface area contributed by atoms with E-state index in [-0.39, 0.29) is 6.42 Å². The number of carboxylic acid groups (broad SMARTS) is 1. The molecule has 184 valence electrons. The number of carbonyl (C=O) groups is 2. The largest absolute Gasteiger partial charge is 0.465 e. The van der Waals surface area contributed by atoms with E-state index < -0.39 is 35.2 Å². The molecular weight excluding hydrogens is 452 g/mol. The molecule has 36 heavy (non-hydrogen) atoms. The number of amides is 1. The highest BCUT2D eigenvalue weighted by atomic mass is 16.6. The van der Waals surface area contributed by atoms with Crippen LogP contribution in [-0.2, 0) is 16.0 Å². The lowest BCUT2D eigenvalue weighted by molar-refractivity contribution is -0.198. The van der Waals surface area contributed by atoms with Gasteiger partial charge in [-0.05, 0) is 28.2 Å². The fourth-order valence-electron chi connectivity index (χ4n) is 5.54. The molecule has 1 aliphatic heterocycles. The molecule has 1 amide bonds. The van der Waals surface area contributed by atoms with Gasteiger partial charge in [0, 0.05) is 23.5 Å². The van der Waals surface area contributed by atoms with Crippen LogP contribution in [0.1, 0.15) is 49.6 Å². The third-order valence-electron chi connectivity index (χ3n) is 7.39. The van der Waals surface area contributed by atoms with Crippen LogP contribution in [0.5, 0.6) is 0 Å². The Morgan fingerprint density at radius 2 is 1.53 bits per heavy atom. The van der Waals surface area contributed by atoms with Crippen LogP contribution < -0.4 is 0 Å². The minimum absolute atomic E-state index is 0.177. The number of benzene rings is 3. The average molecular weight is 483 g/mol. The zero-order valence-corrected chi connectivity index (χ0v) is 20.6. The standard InChI is InChI=1S/C30H30N2O4/c1-29(2,3)30(18-22-19-31-24-17-11-10-16-23(22)24)27(33)36-26(21-14-8-5-9-15-21)25(32(30)28(34)35)20-12-6-4-7-13-20/h4-17,19,25-26,31H,18H2,1-3H3,(H,34,35)/t25-,26+,30+/m1/s1. The maximum absolute atomic E-state index is 14.2. The first-order chi connectivity index (χ1) is 17.2. The molecule has 0 spiro atoms. The molecule has 0 saturated carbocycles. The Balaban J connectivity index is 1.75. The summed E-state index contributed by atoms with van der Waals surface area (Å²) >= 11 is 0.